The maximum Gasteiger partial charge on any atom is 0.195 e. The Morgan fingerprint density at radius 3 is 2.61 bits per heavy atom. The van der Waals surface area contributed by atoms with Gasteiger partial charge in [0.15, 0.2) is 16.3 Å². The van der Waals surface area contributed by atoms with Gasteiger partial charge in [0, 0.05) is 12.5 Å². The van der Waals surface area contributed by atoms with E-state index >= 15 is 0 Å². The molecule has 124 valence electrons. The molecule has 3 rings (SSSR count). The van der Waals surface area contributed by atoms with Crippen LogP contribution in [-0.4, -0.2) is 29.0 Å². The van der Waals surface area contributed by atoms with Crippen LogP contribution in [0, 0.1) is 4.77 Å². The average molecular weight is 333 g/mol. The molecule has 1 aliphatic rings. The minimum absolute atomic E-state index is 0.515. The highest BCUT2D eigenvalue weighted by Gasteiger charge is 2.21. The summed E-state index contributed by atoms with van der Waals surface area (Å²) in [5.41, 5.74) is 1.20. The van der Waals surface area contributed by atoms with E-state index in [1.807, 2.05) is 12.1 Å². The molecule has 0 amide bonds. The number of ether oxygens (including phenoxy) is 2. The van der Waals surface area contributed by atoms with Crippen molar-refractivity contribution in [1.82, 2.24) is 14.8 Å². The number of hydrogen-bond donors (Lipinski definition) is 1. The molecule has 2 aromatic rings. The lowest BCUT2D eigenvalue weighted by atomic mass is 10.1. The highest BCUT2D eigenvalue weighted by molar-refractivity contribution is 7.71. The van der Waals surface area contributed by atoms with E-state index in [0.717, 1.165) is 34.9 Å². The minimum Gasteiger partial charge on any atom is -0.493 e. The SMILES string of the molecule is COc1ccc(CCc2n[nH]c(=S)n2C2CCCC2)cc1OC. The number of rotatable bonds is 6. The van der Waals surface area contributed by atoms with E-state index in [2.05, 4.69) is 20.8 Å². The van der Waals surface area contributed by atoms with Crippen LogP contribution in [0.1, 0.15) is 43.1 Å². The van der Waals surface area contributed by atoms with Crippen LogP contribution in [0.25, 0.3) is 0 Å². The Morgan fingerprint density at radius 1 is 1.17 bits per heavy atom. The van der Waals surface area contributed by atoms with Crippen LogP contribution in [0.4, 0.5) is 0 Å². The number of benzene rings is 1. The summed E-state index contributed by atoms with van der Waals surface area (Å²) in [6.45, 7) is 0. The van der Waals surface area contributed by atoms with Gasteiger partial charge in [-0.3, -0.25) is 5.10 Å². The number of aromatic amines is 1. The average Bonchev–Trinajstić information content (AvgIpc) is 3.21. The molecule has 1 N–H and O–H groups in total. The summed E-state index contributed by atoms with van der Waals surface area (Å²) >= 11 is 5.42. The molecule has 1 aromatic heterocycles. The molecule has 0 radical (unpaired) electrons. The van der Waals surface area contributed by atoms with Gasteiger partial charge in [0.25, 0.3) is 0 Å². The van der Waals surface area contributed by atoms with Crippen LogP contribution in [0.3, 0.4) is 0 Å². The van der Waals surface area contributed by atoms with Crippen molar-refractivity contribution in [2.75, 3.05) is 14.2 Å². The molecule has 1 aliphatic carbocycles. The first-order chi connectivity index (χ1) is 11.2. The van der Waals surface area contributed by atoms with Crippen LogP contribution >= 0.6 is 12.2 Å². The summed E-state index contributed by atoms with van der Waals surface area (Å²) in [4.78, 5) is 0. The van der Waals surface area contributed by atoms with Crippen molar-refractivity contribution in [2.45, 2.75) is 44.6 Å². The van der Waals surface area contributed by atoms with Crippen LogP contribution < -0.4 is 9.47 Å². The third kappa shape index (κ3) is 3.42. The van der Waals surface area contributed by atoms with Crippen LogP contribution in [0.5, 0.6) is 11.5 Å². The van der Waals surface area contributed by atoms with Gasteiger partial charge in [-0.15, -0.1) is 0 Å². The fraction of sp³-hybridized carbons (Fsp3) is 0.529. The number of hydrogen-bond acceptors (Lipinski definition) is 4. The van der Waals surface area contributed by atoms with Crippen molar-refractivity contribution in [3.05, 3.63) is 34.4 Å². The van der Waals surface area contributed by atoms with Gasteiger partial charge >= 0.3 is 0 Å². The topological polar surface area (TPSA) is 52.1 Å². The Morgan fingerprint density at radius 2 is 1.91 bits per heavy atom. The summed E-state index contributed by atoms with van der Waals surface area (Å²) in [5.74, 6) is 2.57. The highest BCUT2D eigenvalue weighted by Crippen LogP contribution is 2.31. The fourth-order valence-electron chi connectivity index (χ4n) is 3.34. The van der Waals surface area contributed by atoms with Gasteiger partial charge in [0.2, 0.25) is 0 Å². The first kappa shape index (κ1) is 16.1. The zero-order valence-corrected chi connectivity index (χ0v) is 14.5. The second-order valence-electron chi connectivity index (χ2n) is 5.94. The molecule has 0 saturated heterocycles. The lowest BCUT2D eigenvalue weighted by Crippen LogP contribution is -2.10. The van der Waals surface area contributed by atoms with Crippen LogP contribution in [0.15, 0.2) is 18.2 Å². The van der Waals surface area contributed by atoms with E-state index in [0.29, 0.717) is 6.04 Å². The number of H-pyrrole nitrogens is 1. The summed E-state index contributed by atoms with van der Waals surface area (Å²) < 4.78 is 13.6. The largest absolute Gasteiger partial charge is 0.493 e. The Labute approximate surface area is 141 Å². The van der Waals surface area contributed by atoms with Crippen molar-refractivity contribution in [3.8, 4) is 11.5 Å². The van der Waals surface area contributed by atoms with E-state index in [-0.39, 0.29) is 0 Å². The number of nitrogens with one attached hydrogen (secondary N) is 1. The van der Waals surface area contributed by atoms with Gasteiger partial charge < -0.3 is 14.0 Å². The van der Waals surface area contributed by atoms with Crippen molar-refractivity contribution < 1.29 is 9.47 Å². The van der Waals surface area contributed by atoms with Crippen molar-refractivity contribution in [1.29, 1.82) is 0 Å². The maximum absolute atomic E-state index is 5.42. The van der Waals surface area contributed by atoms with Gasteiger partial charge in [-0.1, -0.05) is 18.9 Å². The lowest BCUT2D eigenvalue weighted by Gasteiger charge is -2.14. The number of aromatic nitrogens is 3. The molecule has 23 heavy (non-hydrogen) atoms. The molecule has 5 nitrogen and oxygen atoms in total. The molecule has 1 aromatic carbocycles. The van der Waals surface area contributed by atoms with Gasteiger partial charge in [-0.25, -0.2) is 0 Å². The lowest BCUT2D eigenvalue weighted by molar-refractivity contribution is 0.354. The van der Waals surface area contributed by atoms with Crippen molar-refractivity contribution >= 4 is 12.2 Å². The third-order valence-electron chi connectivity index (χ3n) is 4.55. The molecule has 1 heterocycles. The predicted octanol–water partition coefficient (Wildman–Crippen LogP) is 3.86. The molecule has 6 heteroatoms. The Bertz CT molecular complexity index is 717. The van der Waals surface area contributed by atoms with Crippen LogP contribution in [-0.2, 0) is 12.8 Å². The van der Waals surface area contributed by atoms with Gasteiger partial charge in [-0.05, 0) is 49.2 Å². The van der Waals surface area contributed by atoms with Crippen molar-refractivity contribution in [2.24, 2.45) is 0 Å². The summed E-state index contributed by atoms with van der Waals surface area (Å²) in [6, 6.07) is 6.56. The summed E-state index contributed by atoms with van der Waals surface area (Å²) in [6.07, 6.45) is 6.74. The second-order valence-corrected chi connectivity index (χ2v) is 6.33. The van der Waals surface area contributed by atoms with E-state index in [1.165, 1.54) is 31.2 Å². The smallest absolute Gasteiger partial charge is 0.195 e. The van der Waals surface area contributed by atoms with E-state index < -0.39 is 0 Å². The Balaban J connectivity index is 1.75. The standard InChI is InChI=1S/C17H23N3O2S/c1-21-14-9-7-12(11-15(14)22-2)8-10-16-18-19-17(23)20(16)13-5-3-4-6-13/h7,9,11,13H,3-6,8,10H2,1-2H3,(H,19,23). The number of nitrogens with zero attached hydrogens (tertiary/aromatic N) is 2. The Kier molecular flexibility index (Phi) is 5.00. The van der Waals surface area contributed by atoms with E-state index in [1.54, 1.807) is 14.2 Å². The normalized spacial score (nSPS) is 15.0. The number of aryl methyl sites for hydroxylation is 2. The first-order valence-corrected chi connectivity index (χ1v) is 8.50. The maximum atomic E-state index is 5.42. The van der Waals surface area contributed by atoms with Gasteiger partial charge in [0.05, 0.1) is 14.2 Å². The monoisotopic (exact) mass is 333 g/mol. The summed E-state index contributed by atoms with van der Waals surface area (Å²) in [5, 5.41) is 7.40. The zero-order valence-electron chi connectivity index (χ0n) is 13.7. The fourth-order valence-corrected chi connectivity index (χ4v) is 3.65. The number of methoxy groups -OCH3 is 2. The molecule has 0 atom stereocenters. The minimum atomic E-state index is 0.515. The summed E-state index contributed by atoms with van der Waals surface area (Å²) in [7, 11) is 3.31. The predicted molar refractivity (Wildman–Crippen MR) is 91.9 cm³/mol. The molecule has 0 unspecified atom stereocenters. The molecule has 0 bridgehead atoms. The first-order valence-electron chi connectivity index (χ1n) is 8.09. The quantitative estimate of drug-likeness (QED) is 0.816. The molecular formula is C17H23N3O2S. The van der Waals surface area contributed by atoms with Gasteiger partial charge in [-0.2, -0.15) is 5.10 Å². The Hall–Kier alpha value is -1.82. The molecule has 1 fully saturated rings. The molecule has 0 spiro atoms. The van der Waals surface area contributed by atoms with E-state index in [9.17, 15) is 0 Å². The highest BCUT2D eigenvalue weighted by atomic mass is 32.1. The van der Waals surface area contributed by atoms with Crippen molar-refractivity contribution in [3.63, 3.8) is 0 Å². The molecule has 1 saturated carbocycles. The third-order valence-corrected chi connectivity index (χ3v) is 4.84. The molecular weight excluding hydrogens is 310 g/mol. The van der Waals surface area contributed by atoms with Gasteiger partial charge in [0.1, 0.15) is 5.82 Å². The molecule has 0 aliphatic heterocycles. The van der Waals surface area contributed by atoms with E-state index in [4.69, 9.17) is 21.7 Å². The zero-order chi connectivity index (χ0) is 16.2. The van der Waals surface area contributed by atoms with Crippen LogP contribution in [0.2, 0.25) is 0 Å². The second kappa shape index (κ2) is 7.17.